The average Bonchev–Trinajstić information content (AvgIpc) is 2.83. The standard InChI is InChI=1S/C12H21N5O/c1-4-9-10-11(16(2)15-9)17(12(13)14-10)7-5-6-8-18-3/h4-8H2,1-3H3,(H2,13,14). The molecule has 2 N–H and O–H groups in total. The number of methoxy groups -OCH3 is 1. The van der Waals surface area contributed by atoms with Gasteiger partial charge in [0.2, 0.25) is 5.95 Å². The molecule has 0 saturated heterocycles. The van der Waals surface area contributed by atoms with Gasteiger partial charge in [0.15, 0.2) is 5.65 Å². The Hall–Kier alpha value is -1.56. The summed E-state index contributed by atoms with van der Waals surface area (Å²) in [6, 6.07) is 0. The predicted molar refractivity (Wildman–Crippen MR) is 71.4 cm³/mol. The zero-order chi connectivity index (χ0) is 13.1. The van der Waals surface area contributed by atoms with E-state index in [0.717, 1.165) is 49.3 Å². The van der Waals surface area contributed by atoms with E-state index < -0.39 is 0 Å². The maximum atomic E-state index is 5.98. The summed E-state index contributed by atoms with van der Waals surface area (Å²) in [6.45, 7) is 3.72. The number of imidazole rings is 1. The van der Waals surface area contributed by atoms with Crippen LogP contribution in [0.3, 0.4) is 0 Å². The molecular formula is C12H21N5O. The molecular weight excluding hydrogens is 230 g/mol. The van der Waals surface area contributed by atoms with E-state index in [1.54, 1.807) is 7.11 Å². The van der Waals surface area contributed by atoms with Crippen LogP contribution >= 0.6 is 0 Å². The number of nitrogen functional groups attached to an aromatic ring is 1. The number of hydrogen-bond donors (Lipinski definition) is 1. The van der Waals surface area contributed by atoms with Crippen molar-refractivity contribution >= 4 is 17.1 Å². The van der Waals surface area contributed by atoms with Gasteiger partial charge in [0.1, 0.15) is 5.52 Å². The molecule has 0 amide bonds. The van der Waals surface area contributed by atoms with Crippen LogP contribution in [0.25, 0.3) is 11.2 Å². The highest BCUT2D eigenvalue weighted by Crippen LogP contribution is 2.21. The van der Waals surface area contributed by atoms with Crippen LogP contribution in [0.2, 0.25) is 0 Å². The minimum absolute atomic E-state index is 0.574. The third kappa shape index (κ3) is 2.20. The molecule has 0 aliphatic heterocycles. The second kappa shape index (κ2) is 5.39. The van der Waals surface area contributed by atoms with Crippen molar-refractivity contribution in [3.8, 4) is 0 Å². The van der Waals surface area contributed by atoms with Crippen molar-refractivity contribution in [2.45, 2.75) is 32.7 Å². The first-order chi connectivity index (χ1) is 8.69. The Bertz CT molecular complexity index is 528. The zero-order valence-electron chi connectivity index (χ0n) is 11.3. The molecule has 0 bridgehead atoms. The van der Waals surface area contributed by atoms with E-state index in [9.17, 15) is 0 Å². The molecule has 0 aliphatic rings. The Morgan fingerprint density at radius 2 is 2.11 bits per heavy atom. The normalized spacial score (nSPS) is 11.5. The first kappa shape index (κ1) is 12.9. The SMILES string of the molecule is CCc1nn(C)c2c1nc(N)n2CCCCOC. The van der Waals surface area contributed by atoms with Crippen LogP contribution in [-0.4, -0.2) is 33.0 Å². The molecule has 0 fully saturated rings. The summed E-state index contributed by atoms with van der Waals surface area (Å²) in [5, 5.41) is 4.47. The Morgan fingerprint density at radius 3 is 2.78 bits per heavy atom. The summed E-state index contributed by atoms with van der Waals surface area (Å²) < 4.78 is 8.96. The van der Waals surface area contributed by atoms with Crippen LogP contribution in [0.1, 0.15) is 25.5 Å². The number of ether oxygens (including phenoxy) is 1. The highest BCUT2D eigenvalue weighted by Gasteiger charge is 2.16. The lowest BCUT2D eigenvalue weighted by Gasteiger charge is -2.06. The molecule has 0 aliphatic carbocycles. The van der Waals surface area contributed by atoms with Gasteiger partial charge in [-0.1, -0.05) is 6.92 Å². The molecule has 0 unspecified atom stereocenters. The second-order valence-corrected chi connectivity index (χ2v) is 4.42. The third-order valence-corrected chi connectivity index (χ3v) is 3.14. The van der Waals surface area contributed by atoms with Gasteiger partial charge >= 0.3 is 0 Å². The first-order valence-electron chi connectivity index (χ1n) is 6.35. The monoisotopic (exact) mass is 251 g/mol. The Kier molecular flexibility index (Phi) is 3.86. The average molecular weight is 251 g/mol. The van der Waals surface area contributed by atoms with Gasteiger partial charge in [0, 0.05) is 27.3 Å². The molecule has 6 nitrogen and oxygen atoms in total. The van der Waals surface area contributed by atoms with Crippen molar-refractivity contribution in [2.24, 2.45) is 7.05 Å². The smallest absolute Gasteiger partial charge is 0.202 e. The molecule has 0 atom stereocenters. The number of rotatable bonds is 6. The fourth-order valence-electron chi connectivity index (χ4n) is 2.23. The highest BCUT2D eigenvalue weighted by atomic mass is 16.5. The Balaban J connectivity index is 2.26. The van der Waals surface area contributed by atoms with E-state index in [-0.39, 0.29) is 0 Å². The number of aromatic nitrogens is 4. The molecule has 0 aromatic carbocycles. The van der Waals surface area contributed by atoms with Crippen LogP contribution in [0, 0.1) is 0 Å². The summed E-state index contributed by atoms with van der Waals surface area (Å²) in [5.74, 6) is 0.574. The fraction of sp³-hybridized carbons (Fsp3) is 0.667. The van der Waals surface area contributed by atoms with E-state index in [0.29, 0.717) is 5.95 Å². The molecule has 2 rings (SSSR count). The second-order valence-electron chi connectivity index (χ2n) is 4.42. The van der Waals surface area contributed by atoms with E-state index in [2.05, 4.69) is 17.0 Å². The summed E-state index contributed by atoms with van der Waals surface area (Å²) in [4.78, 5) is 4.43. The lowest BCUT2D eigenvalue weighted by molar-refractivity contribution is 0.191. The van der Waals surface area contributed by atoms with Gasteiger partial charge in [-0.15, -0.1) is 0 Å². The minimum Gasteiger partial charge on any atom is -0.385 e. The van der Waals surface area contributed by atoms with Gasteiger partial charge in [-0.25, -0.2) is 4.98 Å². The third-order valence-electron chi connectivity index (χ3n) is 3.14. The Morgan fingerprint density at radius 1 is 1.33 bits per heavy atom. The lowest BCUT2D eigenvalue weighted by Crippen LogP contribution is -2.07. The molecule has 2 heterocycles. The first-order valence-corrected chi connectivity index (χ1v) is 6.35. The number of nitrogens with two attached hydrogens (primary N) is 1. The van der Waals surface area contributed by atoms with E-state index in [1.165, 1.54) is 0 Å². The van der Waals surface area contributed by atoms with Crippen LogP contribution in [0.15, 0.2) is 0 Å². The molecule has 0 saturated carbocycles. The van der Waals surface area contributed by atoms with Gasteiger partial charge in [-0.3, -0.25) is 9.25 Å². The van der Waals surface area contributed by atoms with Crippen LogP contribution in [-0.2, 0) is 24.8 Å². The minimum atomic E-state index is 0.574. The van der Waals surface area contributed by atoms with E-state index >= 15 is 0 Å². The van der Waals surface area contributed by atoms with Crippen molar-refractivity contribution in [3.63, 3.8) is 0 Å². The van der Waals surface area contributed by atoms with Crippen LogP contribution in [0.5, 0.6) is 0 Å². The number of hydrogen-bond acceptors (Lipinski definition) is 4. The van der Waals surface area contributed by atoms with Gasteiger partial charge in [-0.2, -0.15) is 5.10 Å². The van der Waals surface area contributed by atoms with E-state index in [4.69, 9.17) is 10.5 Å². The van der Waals surface area contributed by atoms with Gasteiger partial charge in [0.25, 0.3) is 0 Å². The maximum absolute atomic E-state index is 5.98. The van der Waals surface area contributed by atoms with Crippen LogP contribution in [0.4, 0.5) is 5.95 Å². The largest absolute Gasteiger partial charge is 0.385 e. The summed E-state index contributed by atoms with van der Waals surface area (Å²) in [6.07, 6.45) is 2.92. The molecule has 0 spiro atoms. The molecule has 2 aromatic heterocycles. The number of aryl methyl sites for hydroxylation is 3. The number of unbranched alkanes of at least 4 members (excludes halogenated alkanes) is 1. The van der Waals surface area contributed by atoms with E-state index in [1.807, 2.05) is 16.3 Å². The fourth-order valence-corrected chi connectivity index (χ4v) is 2.23. The number of anilines is 1. The molecule has 0 radical (unpaired) electrons. The predicted octanol–water partition coefficient (Wildman–Crippen LogP) is 1.34. The zero-order valence-corrected chi connectivity index (χ0v) is 11.3. The molecule has 100 valence electrons. The van der Waals surface area contributed by atoms with Crippen molar-refractivity contribution in [2.75, 3.05) is 19.5 Å². The lowest BCUT2D eigenvalue weighted by atomic mass is 10.3. The quantitative estimate of drug-likeness (QED) is 0.786. The molecule has 2 aromatic rings. The van der Waals surface area contributed by atoms with Crippen molar-refractivity contribution < 1.29 is 4.74 Å². The summed E-state index contributed by atoms with van der Waals surface area (Å²) in [5.41, 5.74) is 8.94. The van der Waals surface area contributed by atoms with Crippen molar-refractivity contribution in [1.29, 1.82) is 0 Å². The molecule has 6 heteroatoms. The van der Waals surface area contributed by atoms with Gasteiger partial charge in [-0.05, 0) is 19.3 Å². The highest BCUT2D eigenvalue weighted by molar-refractivity contribution is 5.77. The van der Waals surface area contributed by atoms with Crippen molar-refractivity contribution in [1.82, 2.24) is 19.3 Å². The summed E-state index contributed by atoms with van der Waals surface area (Å²) >= 11 is 0. The topological polar surface area (TPSA) is 70.9 Å². The summed E-state index contributed by atoms with van der Waals surface area (Å²) in [7, 11) is 3.66. The van der Waals surface area contributed by atoms with Crippen LogP contribution < -0.4 is 5.73 Å². The van der Waals surface area contributed by atoms with Crippen molar-refractivity contribution in [3.05, 3.63) is 5.69 Å². The number of nitrogens with zero attached hydrogens (tertiary/aromatic N) is 4. The Labute approximate surface area is 107 Å². The van der Waals surface area contributed by atoms with Gasteiger partial charge < -0.3 is 10.5 Å². The number of fused-ring (bicyclic) bond motifs is 1. The molecule has 18 heavy (non-hydrogen) atoms. The van der Waals surface area contributed by atoms with Gasteiger partial charge in [0.05, 0.1) is 5.69 Å². The maximum Gasteiger partial charge on any atom is 0.202 e.